The molecule has 0 radical (unpaired) electrons. The van der Waals surface area contributed by atoms with Gasteiger partial charge in [-0.2, -0.15) is 0 Å². The molecule has 21 heavy (non-hydrogen) atoms. The Morgan fingerprint density at radius 1 is 1.14 bits per heavy atom. The monoisotopic (exact) mass is 310 g/mol. The van der Waals surface area contributed by atoms with Crippen molar-refractivity contribution in [2.45, 2.75) is 26.8 Å². The molecular formula is C14H18N2O4S. The molecule has 2 amide bonds. The van der Waals surface area contributed by atoms with Gasteiger partial charge >= 0.3 is 0 Å². The molecule has 0 fully saturated rings. The minimum Gasteiger partial charge on any atom is -0.273 e. The number of sulfonamides is 1. The van der Waals surface area contributed by atoms with Crippen LogP contribution in [-0.4, -0.2) is 43.5 Å². The number of carbonyl (C=O) groups is 2. The first kappa shape index (κ1) is 15.7. The van der Waals surface area contributed by atoms with Crippen LogP contribution in [0.3, 0.4) is 0 Å². The summed E-state index contributed by atoms with van der Waals surface area (Å²) in [5, 5.41) is 0. The van der Waals surface area contributed by atoms with Crippen LogP contribution in [0.1, 0.15) is 40.1 Å². The van der Waals surface area contributed by atoms with E-state index in [2.05, 4.69) is 4.72 Å². The zero-order chi connectivity index (χ0) is 15.8. The average molecular weight is 310 g/mol. The molecule has 114 valence electrons. The van der Waals surface area contributed by atoms with Gasteiger partial charge in [0, 0.05) is 12.6 Å². The number of rotatable bonds is 5. The molecule has 1 aliphatic rings. The van der Waals surface area contributed by atoms with Gasteiger partial charge in [-0.1, -0.05) is 11.6 Å². The van der Waals surface area contributed by atoms with Crippen molar-refractivity contribution in [3.05, 3.63) is 34.9 Å². The second-order valence-corrected chi connectivity index (χ2v) is 7.28. The molecule has 0 atom stereocenters. The molecular weight excluding hydrogens is 292 g/mol. The summed E-state index contributed by atoms with van der Waals surface area (Å²) in [6.07, 6.45) is 0. The van der Waals surface area contributed by atoms with Gasteiger partial charge < -0.3 is 0 Å². The number of imide groups is 1. The van der Waals surface area contributed by atoms with Gasteiger partial charge in [-0.25, -0.2) is 13.1 Å². The van der Waals surface area contributed by atoms with Gasteiger partial charge in [0.05, 0.1) is 16.9 Å². The third-order valence-electron chi connectivity index (χ3n) is 3.13. The molecule has 1 aromatic carbocycles. The minimum absolute atomic E-state index is 0.145. The van der Waals surface area contributed by atoms with Crippen molar-refractivity contribution >= 4 is 21.8 Å². The molecule has 0 saturated carbocycles. The maximum Gasteiger partial charge on any atom is 0.261 e. The molecule has 1 heterocycles. The quantitative estimate of drug-likeness (QED) is 0.820. The highest BCUT2D eigenvalue weighted by Gasteiger charge is 2.35. The first-order valence-corrected chi connectivity index (χ1v) is 8.33. The molecule has 0 aromatic heterocycles. The molecule has 1 aromatic rings. The summed E-state index contributed by atoms with van der Waals surface area (Å²) in [5.41, 5.74) is 1.56. The maximum atomic E-state index is 12.2. The molecule has 1 aliphatic heterocycles. The lowest BCUT2D eigenvalue weighted by Crippen LogP contribution is -2.39. The lowest BCUT2D eigenvalue weighted by molar-refractivity contribution is 0.0664. The second-order valence-electron chi connectivity index (χ2n) is 5.40. The molecule has 0 aliphatic carbocycles. The highest BCUT2D eigenvalue weighted by atomic mass is 32.2. The predicted octanol–water partition coefficient (Wildman–Crippen LogP) is 0.919. The van der Waals surface area contributed by atoms with Gasteiger partial charge in [0.2, 0.25) is 10.0 Å². The molecule has 0 unspecified atom stereocenters. The number of aryl methyl sites for hydroxylation is 1. The van der Waals surface area contributed by atoms with Crippen LogP contribution >= 0.6 is 0 Å². The van der Waals surface area contributed by atoms with Crippen LogP contribution in [0.2, 0.25) is 0 Å². The van der Waals surface area contributed by atoms with Gasteiger partial charge in [0.1, 0.15) is 0 Å². The Morgan fingerprint density at radius 2 is 1.76 bits per heavy atom. The van der Waals surface area contributed by atoms with Gasteiger partial charge in [0.15, 0.2) is 0 Å². The Hall–Kier alpha value is -1.73. The summed E-state index contributed by atoms with van der Waals surface area (Å²) in [5.74, 6) is -1.16. The van der Waals surface area contributed by atoms with E-state index in [1.54, 1.807) is 32.0 Å². The van der Waals surface area contributed by atoms with Gasteiger partial charge in [-0.05, 0) is 32.9 Å². The van der Waals surface area contributed by atoms with Crippen molar-refractivity contribution in [3.8, 4) is 0 Å². The largest absolute Gasteiger partial charge is 0.273 e. The molecule has 1 N–H and O–H groups in total. The fourth-order valence-corrected chi connectivity index (χ4v) is 3.50. The Morgan fingerprint density at radius 3 is 2.38 bits per heavy atom. The van der Waals surface area contributed by atoms with Crippen molar-refractivity contribution in [3.63, 3.8) is 0 Å². The molecule has 6 nitrogen and oxygen atoms in total. The second kappa shape index (κ2) is 5.57. The number of hydrogen-bond acceptors (Lipinski definition) is 4. The van der Waals surface area contributed by atoms with Crippen molar-refractivity contribution in [2.75, 3.05) is 12.3 Å². The fourth-order valence-electron chi connectivity index (χ4n) is 2.24. The van der Waals surface area contributed by atoms with Crippen LogP contribution in [-0.2, 0) is 10.0 Å². The van der Waals surface area contributed by atoms with Gasteiger partial charge in [0.25, 0.3) is 11.8 Å². The summed E-state index contributed by atoms with van der Waals surface area (Å²) >= 11 is 0. The van der Waals surface area contributed by atoms with Gasteiger partial charge in [-0.15, -0.1) is 0 Å². The summed E-state index contributed by atoms with van der Waals surface area (Å²) < 4.78 is 26.0. The number of fused-ring (bicyclic) bond motifs is 1. The van der Waals surface area contributed by atoms with Crippen LogP contribution < -0.4 is 4.72 Å². The molecule has 0 bridgehead atoms. The summed E-state index contributed by atoms with van der Waals surface area (Å²) in [6.45, 7) is 5.11. The van der Waals surface area contributed by atoms with Crippen LogP contribution in [0.4, 0.5) is 0 Å². The summed E-state index contributed by atoms with van der Waals surface area (Å²) in [6, 6.07) is 4.78. The average Bonchev–Trinajstić information content (AvgIpc) is 2.58. The van der Waals surface area contributed by atoms with E-state index in [1.165, 1.54) is 0 Å². The molecule has 2 rings (SSSR count). The lowest BCUT2D eigenvalue weighted by atomic mass is 10.1. The van der Waals surface area contributed by atoms with E-state index in [0.717, 1.165) is 10.5 Å². The van der Waals surface area contributed by atoms with Gasteiger partial charge in [-0.3, -0.25) is 14.5 Å². The van der Waals surface area contributed by atoms with Crippen molar-refractivity contribution < 1.29 is 18.0 Å². The topological polar surface area (TPSA) is 83.6 Å². The van der Waals surface area contributed by atoms with Crippen LogP contribution in [0.15, 0.2) is 18.2 Å². The fraction of sp³-hybridized carbons (Fsp3) is 0.429. The summed E-state index contributed by atoms with van der Waals surface area (Å²) in [4.78, 5) is 25.3. The number of nitrogens with zero attached hydrogens (tertiary/aromatic N) is 1. The van der Waals surface area contributed by atoms with Crippen LogP contribution in [0, 0.1) is 6.92 Å². The zero-order valence-electron chi connectivity index (χ0n) is 12.2. The van der Waals surface area contributed by atoms with E-state index in [1.807, 2.05) is 6.92 Å². The Labute approximate surface area is 124 Å². The van der Waals surface area contributed by atoms with Crippen LogP contribution in [0.5, 0.6) is 0 Å². The van der Waals surface area contributed by atoms with E-state index in [9.17, 15) is 18.0 Å². The predicted molar refractivity (Wildman–Crippen MR) is 78.6 cm³/mol. The van der Waals surface area contributed by atoms with Crippen molar-refractivity contribution in [1.82, 2.24) is 9.62 Å². The van der Waals surface area contributed by atoms with E-state index in [0.29, 0.717) is 11.1 Å². The highest BCUT2D eigenvalue weighted by molar-refractivity contribution is 7.89. The van der Waals surface area contributed by atoms with Crippen molar-refractivity contribution in [1.29, 1.82) is 0 Å². The van der Waals surface area contributed by atoms with E-state index in [-0.39, 0.29) is 18.3 Å². The third kappa shape index (κ3) is 3.30. The zero-order valence-corrected chi connectivity index (χ0v) is 13.0. The number of amides is 2. The number of nitrogens with one attached hydrogen (secondary N) is 1. The number of hydrogen-bond donors (Lipinski definition) is 1. The minimum atomic E-state index is -3.51. The number of carbonyl (C=O) groups excluding carboxylic acids is 2. The van der Waals surface area contributed by atoms with E-state index < -0.39 is 21.8 Å². The Balaban J connectivity index is 2.14. The molecule has 0 spiro atoms. The summed E-state index contributed by atoms with van der Waals surface area (Å²) in [7, 11) is -3.51. The van der Waals surface area contributed by atoms with E-state index in [4.69, 9.17) is 0 Å². The standard InChI is InChI=1S/C14H18N2O4S/c1-9(2)15-21(19,20)7-6-16-13(17)11-5-4-10(3)8-12(11)14(16)18/h4-5,8-9,15H,6-7H2,1-3H3. The number of benzene rings is 1. The normalized spacial score (nSPS) is 15.0. The smallest absolute Gasteiger partial charge is 0.261 e. The Kier molecular flexibility index (Phi) is 4.15. The first-order valence-electron chi connectivity index (χ1n) is 6.68. The van der Waals surface area contributed by atoms with Crippen LogP contribution in [0.25, 0.3) is 0 Å². The van der Waals surface area contributed by atoms with E-state index >= 15 is 0 Å². The Bertz CT molecular complexity index is 695. The SMILES string of the molecule is Cc1ccc2c(c1)C(=O)N(CCS(=O)(=O)NC(C)C)C2=O. The molecule has 7 heteroatoms. The van der Waals surface area contributed by atoms with Crippen molar-refractivity contribution in [2.24, 2.45) is 0 Å². The third-order valence-corrected chi connectivity index (χ3v) is 4.68. The molecule has 0 saturated heterocycles. The maximum absolute atomic E-state index is 12.2. The highest BCUT2D eigenvalue weighted by Crippen LogP contribution is 2.23. The lowest BCUT2D eigenvalue weighted by Gasteiger charge is -2.15. The first-order chi connectivity index (χ1) is 9.71.